The van der Waals surface area contributed by atoms with E-state index >= 15 is 0 Å². The third-order valence-electron chi connectivity index (χ3n) is 3.89. The van der Waals surface area contributed by atoms with E-state index < -0.39 is 0 Å². The monoisotopic (exact) mass is 277 g/mol. The standard InChI is InChI=1S/C17H31N3/c1-13(2)11-18-12-15-8-9-19-16(10-15)20(7)14(3)17(4,5)6/h8-10,13-14,18H,11-12H2,1-7H3. The van der Waals surface area contributed by atoms with Gasteiger partial charge in [0.25, 0.3) is 0 Å². The highest BCUT2D eigenvalue weighted by atomic mass is 15.2. The summed E-state index contributed by atoms with van der Waals surface area (Å²) in [6.45, 7) is 15.5. The van der Waals surface area contributed by atoms with E-state index in [1.807, 2.05) is 6.20 Å². The first kappa shape index (κ1) is 17.0. The molecule has 1 rings (SSSR count). The largest absolute Gasteiger partial charge is 0.356 e. The van der Waals surface area contributed by atoms with Gasteiger partial charge in [-0.2, -0.15) is 0 Å². The summed E-state index contributed by atoms with van der Waals surface area (Å²) in [6, 6.07) is 4.72. The molecule has 0 spiro atoms. The fraction of sp³-hybridized carbons (Fsp3) is 0.706. The highest BCUT2D eigenvalue weighted by molar-refractivity contribution is 5.41. The van der Waals surface area contributed by atoms with Crippen molar-refractivity contribution in [1.82, 2.24) is 10.3 Å². The Hall–Kier alpha value is -1.09. The maximum absolute atomic E-state index is 4.52. The molecule has 1 aromatic heterocycles. The van der Waals surface area contributed by atoms with Gasteiger partial charge in [0, 0.05) is 25.8 Å². The Morgan fingerprint density at radius 1 is 1.25 bits per heavy atom. The highest BCUT2D eigenvalue weighted by Gasteiger charge is 2.24. The molecule has 0 saturated heterocycles. The summed E-state index contributed by atoms with van der Waals surface area (Å²) in [7, 11) is 2.13. The van der Waals surface area contributed by atoms with Gasteiger partial charge in [-0.05, 0) is 42.5 Å². The van der Waals surface area contributed by atoms with E-state index in [2.05, 4.69) is 75.9 Å². The molecule has 1 N–H and O–H groups in total. The number of aromatic nitrogens is 1. The first-order valence-corrected chi connectivity index (χ1v) is 7.60. The van der Waals surface area contributed by atoms with E-state index in [-0.39, 0.29) is 5.41 Å². The second-order valence-electron chi connectivity index (χ2n) is 7.20. The molecular formula is C17H31N3. The molecule has 0 aliphatic rings. The number of rotatable bonds is 6. The van der Waals surface area contributed by atoms with E-state index in [0.29, 0.717) is 12.0 Å². The molecule has 0 aromatic carbocycles. The summed E-state index contributed by atoms with van der Waals surface area (Å²) in [4.78, 5) is 6.79. The van der Waals surface area contributed by atoms with Gasteiger partial charge in [-0.3, -0.25) is 0 Å². The molecule has 1 unspecified atom stereocenters. The number of anilines is 1. The van der Waals surface area contributed by atoms with E-state index in [4.69, 9.17) is 0 Å². The Labute approximate surface area is 124 Å². The van der Waals surface area contributed by atoms with Gasteiger partial charge in [-0.1, -0.05) is 34.6 Å². The van der Waals surface area contributed by atoms with Crippen LogP contribution in [0, 0.1) is 11.3 Å². The minimum Gasteiger partial charge on any atom is -0.356 e. The minimum absolute atomic E-state index is 0.238. The van der Waals surface area contributed by atoms with Crippen LogP contribution >= 0.6 is 0 Å². The van der Waals surface area contributed by atoms with Crippen molar-refractivity contribution in [3.63, 3.8) is 0 Å². The van der Waals surface area contributed by atoms with Crippen LogP contribution < -0.4 is 10.2 Å². The minimum atomic E-state index is 0.238. The molecule has 0 fully saturated rings. The van der Waals surface area contributed by atoms with Crippen LogP contribution in [0.15, 0.2) is 18.3 Å². The Balaban J connectivity index is 2.72. The van der Waals surface area contributed by atoms with Crippen molar-refractivity contribution in [1.29, 1.82) is 0 Å². The van der Waals surface area contributed by atoms with E-state index in [1.54, 1.807) is 0 Å². The molecule has 1 atom stereocenters. The van der Waals surface area contributed by atoms with Crippen LogP contribution in [0.25, 0.3) is 0 Å². The van der Waals surface area contributed by atoms with Crippen LogP contribution in [0.4, 0.5) is 5.82 Å². The molecule has 0 saturated carbocycles. The first-order valence-electron chi connectivity index (χ1n) is 7.60. The Morgan fingerprint density at radius 2 is 1.90 bits per heavy atom. The summed E-state index contributed by atoms with van der Waals surface area (Å²) < 4.78 is 0. The second kappa shape index (κ2) is 7.07. The summed E-state index contributed by atoms with van der Waals surface area (Å²) in [5, 5.41) is 3.48. The lowest BCUT2D eigenvalue weighted by molar-refractivity contribution is 0.328. The van der Waals surface area contributed by atoms with Gasteiger partial charge in [0.2, 0.25) is 0 Å². The zero-order chi connectivity index (χ0) is 15.3. The third kappa shape index (κ3) is 5.12. The summed E-state index contributed by atoms with van der Waals surface area (Å²) in [5.41, 5.74) is 1.53. The molecule has 1 heterocycles. The van der Waals surface area contributed by atoms with Crippen LogP contribution in [0.5, 0.6) is 0 Å². The zero-order valence-electron chi connectivity index (χ0n) is 14.2. The fourth-order valence-electron chi connectivity index (χ4n) is 2.05. The lowest BCUT2D eigenvalue weighted by Crippen LogP contribution is -2.39. The highest BCUT2D eigenvalue weighted by Crippen LogP contribution is 2.26. The molecule has 0 aliphatic carbocycles. The van der Waals surface area contributed by atoms with Crippen LogP contribution in [0.2, 0.25) is 0 Å². The molecule has 114 valence electrons. The van der Waals surface area contributed by atoms with Crippen molar-refractivity contribution in [3.8, 4) is 0 Å². The maximum Gasteiger partial charge on any atom is 0.128 e. The van der Waals surface area contributed by atoms with E-state index in [0.717, 1.165) is 18.9 Å². The fourth-order valence-corrected chi connectivity index (χ4v) is 2.05. The average molecular weight is 277 g/mol. The molecule has 0 aliphatic heterocycles. The summed E-state index contributed by atoms with van der Waals surface area (Å²) >= 11 is 0. The van der Waals surface area contributed by atoms with Crippen molar-refractivity contribution >= 4 is 5.82 Å². The molecule has 1 aromatic rings. The van der Waals surface area contributed by atoms with Crippen LogP contribution in [-0.4, -0.2) is 24.6 Å². The van der Waals surface area contributed by atoms with Gasteiger partial charge in [0.1, 0.15) is 5.82 Å². The SMILES string of the molecule is CC(C)CNCc1ccnc(N(C)C(C)C(C)(C)C)c1. The van der Waals surface area contributed by atoms with Crippen molar-refractivity contribution in [2.24, 2.45) is 11.3 Å². The molecule has 3 heteroatoms. The third-order valence-corrected chi connectivity index (χ3v) is 3.89. The normalized spacial score (nSPS) is 13.6. The van der Waals surface area contributed by atoms with Gasteiger partial charge in [-0.25, -0.2) is 4.98 Å². The van der Waals surface area contributed by atoms with E-state index in [9.17, 15) is 0 Å². The molecule has 0 amide bonds. The molecular weight excluding hydrogens is 246 g/mol. The van der Waals surface area contributed by atoms with Crippen LogP contribution in [-0.2, 0) is 6.54 Å². The second-order valence-corrected chi connectivity index (χ2v) is 7.20. The smallest absolute Gasteiger partial charge is 0.128 e. The van der Waals surface area contributed by atoms with Gasteiger partial charge in [-0.15, -0.1) is 0 Å². The first-order chi connectivity index (χ1) is 9.21. The van der Waals surface area contributed by atoms with Crippen molar-refractivity contribution in [2.45, 2.75) is 54.1 Å². The molecule has 3 nitrogen and oxygen atoms in total. The average Bonchev–Trinajstić information content (AvgIpc) is 2.36. The zero-order valence-corrected chi connectivity index (χ0v) is 14.2. The van der Waals surface area contributed by atoms with Gasteiger partial charge >= 0.3 is 0 Å². The van der Waals surface area contributed by atoms with Crippen molar-refractivity contribution < 1.29 is 0 Å². The van der Waals surface area contributed by atoms with Gasteiger partial charge < -0.3 is 10.2 Å². The molecule has 0 bridgehead atoms. The lowest BCUT2D eigenvalue weighted by atomic mass is 9.87. The predicted molar refractivity (Wildman–Crippen MR) is 88.1 cm³/mol. The number of nitrogens with one attached hydrogen (secondary N) is 1. The molecule has 0 radical (unpaired) electrons. The number of pyridine rings is 1. The van der Waals surface area contributed by atoms with Gasteiger partial charge in [0.05, 0.1) is 0 Å². The lowest BCUT2D eigenvalue weighted by Gasteiger charge is -2.36. The Bertz CT molecular complexity index is 407. The van der Waals surface area contributed by atoms with Crippen LogP contribution in [0.1, 0.15) is 47.1 Å². The summed E-state index contributed by atoms with van der Waals surface area (Å²) in [6.07, 6.45) is 1.91. The number of hydrogen-bond acceptors (Lipinski definition) is 3. The van der Waals surface area contributed by atoms with Crippen molar-refractivity contribution in [3.05, 3.63) is 23.9 Å². The van der Waals surface area contributed by atoms with Gasteiger partial charge in [0.15, 0.2) is 0 Å². The van der Waals surface area contributed by atoms with E-state index in [1.165, 1.54) is 5.56 Å². The van der Waals surface area contributed by atoms with Crippen LogP contribution in [0.3, 0.4) is 0 Å². The maximum atomic E-state index is 4.52. The molecule has 20 heavy (non-hydrogen) atoms. The quantitative estimate of drug-likeness (QED) is 0.859. The Kier molecular flexibility index (Phi) is 6.00. The number of nitrogens with zero attached hydrogens (tertiary/aromatic N) is 2. The predicted octanol–water partition coefficient (Wildman–Crippen LogP) is 3.70. The van der Waals surface area contributed by atoms with Crippen molar-refractivity contribution in [2.75, 3.05) is 18.5 Å². The Morgan fingerprint density at radius 3 is 2.45 bits per heavy atom. The summed E-state index contributed by atoms with van der Waals surface area (Å²) in [5.74, 6) is 1.73. The number of hydrogen-bond donors (Lipinski definition) is 1. The topological polar surface area (TPSA) is 28.2 Å².